The molecule has 0 saturated carbocycles. The number of rotatable bonds is 39. The fraction of sp³-hybridized carbons (Fsp3) is 0.833. The van der Waals surface area contributed by atoms with E-state index in [0.29, 0.717) is 6.42 Å². The second-order valence-electron chi connectivity index (χ2n) is 16.2. The Morgan fingerprint density at radius 1 is 0.534 bits per heavy atom. The van der Waals surface area contributed by atoms with Crippen LogP contribution in [0.2, 0.25) is 0 Å². The minimum Gasteiger partial charge on any atom is -0.462 e. The van der Waals surface area contributed by atoms with Gasteiger partial charge in [-0.2, -0.15) is 0 Å². The van der Waals surface area contributed by atoms with Gasteiger partial charge in [0.1, 0.15) is 31.0 Å². The van der Waals surface area contributed by atoms with Crippen LogP contribution in [0.15, 0.2) is 36.5 Å². The van der Waals surface area contributed by atoms with Crippen LogP contribution in [0.1, 0.15) is 200 Å². The molecule has 1 saturated heterocycles. The molecule has 0 amide bonds. The van der Waals surface area contributed by atoms with Crippen molar-refractivity contribution in [1.82, 2.24) is 0 Å². The fourth-order valence-electron chi connectivity index (χ4n) is 6.96. The van der Waals surface area contributed by atoms with Crippen molar-refractivity contribution < 1.29 is 49.0 Å². The summed E-state index contributed by atoms with van der Waals surface area (Å²) in [6.07, 6.45) is 37.2. The first-order chi connectivity index (χ1) is 28.3. The van der Waals surface area contributed by atoms with Crippen LogP contribution in [0.3, 0.4) is 0 Å². The second kappa shape index (κ2) is 39.1. The number of carbonyl (C=O) groups excluding carboxylic acids is 2. The quantitative estimate of drug-likeness (QED) is 0.0268. The number of esters is 2. The summed E-state index contributed by atoms with van der Waals surface area (Å²) >= 11 is 0. The summed E-state index contributed by atoms with van der Waals surface area (Å²) in [4.78, 5) is 25.3. The molecule has 2 unspecified atom stereocenters. The normalized spacial score (nSPS) is 20.4. The van der Waals surface area contributed by atoms with Crippen molar-refractivity contribution in [1.29, 1.82) is 0 Å². The lowest BCUT2D eigenvalue weighted by molar-refractivity contribution is -0.305. The Bertz CT molecular complexity index is 1040. The van der Waals surface area contributed by atoms with Crippen LogP contribution in [-0.2, 0) is 28.5 Å². The average Bonchev–Trinajstić information content (AvgIpc) is 3.22. The molecule has 58 heavy (non-hydrogen) atoms. The van der Waals surface area contributed by atoms with Gasteiger partial charge in [0.05, 0.1) is 13.2 Å². The molecule has 0 aromatic carbocycles. The van der Waals surface area contributed by atoms with E-state index in [9.17, 15) is 30.0 Å². The van der Waals surface area contributed by atoms with Crippen molar-refractivity contribution in [3.63, 3.8) is 0 Å². The third kappa shape index (κ3) is 30.0. The fourth-order valence-corrected chi connectivity index (χ4v) is 6.96. The monoisotopic (exact) mass is 823 g/mol. The van der Waals surface area contributed by atoms with E-state index < -0.39 is 49.4 Å². The Morgan fingerprint density at radius 2 is 0.983 bits per heavy atom. The molecule has 0 aliphatic carbocycles. The van der Waals surface area contributed by atoms with Gasteiger partial charge in [-0.3, -0.25) is 9.59 Å². The zero-order valence-corrected chi connectivity index (χ0v) is 36.8. The molecule has 0 bridgehead atoms. The first-order valence-corrected chi connectivity index (χ1v) is 23.6. The molecule has 338 valence electrons. The van der Waals surface area contributed by atoms with E-state index >= 15 is 0 Å². The number of hydrogen-bond acceptors (Lipinski definition) is 10. The molecular weight excluding hydrogens is 737 g/mol. The zero-order chi connectivity index (χ0) is 42.3. The van der Waals surface area contributed by atoms with Gasteiger partial charge in [-0.1, -0.05) is 159 Å². The summed E-state index contributed by atoms with van der Waals surface area (Å²) in [6.45, 7) is 3.37. The number of aliphatic hydroxyl groups excluding tert-OH is 4. The molecule has 4 N–H and O–H groups in total. The highest BCUT2D eigenvalue weighted by molar-refractivity contribution is 5.70. The topological polar surface area (TPSA) is 152 Å². The third-order valence-electron chi connectivity index (χ3n) is 10.7. The van der Waals surface area contributed by atoms with E-state index in [-0.39, 0.29) is 32.0 Å². The van der Waals surface area contributed by atoms with Crippen LogP contribution in [0.25, 0.3) is 0 Å². The van der Waals surface area contributed by atoms with Crippen molar-refractivity contribution in [3.05, 3.63) is 36.5 Å². The first-order valence-electron chi connectivity index (χ1n) is 23.6. The molecule has 1 heterocycles. The molecule has 1 aliphatic heterocycles. The van der Waals surface area contributed by atoms with Crippen LogP contribution in [0.5, 0.6) is 0 Å². The molecule has 0 aromatic rings. The van der Waals surface area contributed by atoms with Gasteiger partial charge in [-0.25, -0.2) is 0 Å². The lowest BCUT2D eigenvalue weighted by Crippen LogP contribution is -2.59. The van der Waals surface area contributed by atoms with Gasteiger partial charge in [0.15, 0.2) is 12.4 Å². The highest BCUT2D eigenvalue weighted by Crippen LogP contribution is 2.23. The minimum atomic E-state index is -1.60. The van der Waals surface area contributed by atoms with Crippen molar-refractivity contribution >= 4 is 11.9 Å². The van der Waals surface area contributed by atoms with Gasteiger partial charge >= 0.3 is 11.9 Å². The molecule has 1 rings (SSSR count). The van der Waals surface area contributed by atoms with Crippen LogP contribution < -0.4 is 0 Å². The van der Waals surface area contributed by atoms with Crippen molar-refractivity contribution in [2.75, 3.05) is 19.8 Å². The molecule has 0 spiro atoms. The third-order valence-corrected chi connectivity index (χ3v) is 10.7. The summed E-state index contributed by atoms with van der Waals surface area (Å²) in [5.74, 6) is -0.822. The standard InChI is InChI=1S/C48H86O10/c1-3-5-7-9-11-13-15-17-19-20-21-22-23-25-26-28-30-32-34-36-43(50)55-39-41(40-56-48-47(54)46(53)45(52)42(38-49)58-48)57-44(51)37-35-33-31-29-27-24-18-16-14-12-10-8-6-4-2/h10,12,16-19,41-42,45-49,52-54H,3-9,11,13-15,20-40H2,1-2H3/b12-10+,18-16+,19-17+/t41-,42-,45+,46?,47?,48-/m0/s1. The predicted molar refractivity (Wildman–Crippen MR) is 233 cm³/mol. The Labute approximate surface area is 353 Å². The Hall–Kier alpha value is -2.08. The van der Waals surface area contributed by atoms with E-state index in [4.69, 9.17) is 18.9 Å². The Morgan fingerprint density at radius 3 is 1.50 bits per heavy atom. The zero-order valence-electron chi connectivity index (χ0n) is 36.8. The predicted octanol–water partition coefficient (Wildman–Crippen LogP) is 10.3. The first kappa shape index (κ1) is 53.9. The molecule has 0 radical (unpaired) electrons. The summed E-state index contributed by atoms with van der Waals surface area (Å²) in [6, 6.07) is 0. The molecule has 1 aliphatic rings. The van der Waals surface area contributed by atoms with E-state index in [1.165, 1.54) is 96.3 Å². The van der Waals surface area contributed by atoms with E-state index in [1.54, 1.807) is 0 Å². The van der Waals surface area contributed by atoms with Crippen molar-refractivity contribution in [2.24, 2.45) is 0 Å². The number of ether oxygens (including phenoxy) is 4. The number of aliphatic hydroxyl groups is 4. The summed E-state index contributed by atoms with van der Waals surface area (Å²) in [5, 5.41) is 40.1. The lowest BCUT2D eigenvalue weighted by Gasteiger charge is -2.39. The number of carbonyl (C=O) groups is 2. The highest BCUT2D eigenvalue weighted by Gasteiger charge is 2.44. The average molecular weight is 823 g/mol. The number of hydrogen-bond donors (Lipinski definition) is 4. The Balaban J connectivity index is 2.30. The minimum absolute atomic E-state index is 0.214. The number of allylic oxidation sites excluding steroid dienone is 6. The maximum absolute atomic E-state index is 12.8. The van der Waals surface area contributed by atoms with Crippen LogP contribution >= 0.6 is 0 Å². The van der Waals surface area contributed by atoms with Crippen molar-refractivity contribution in [3.8, 4) is 0 Å². The smallest absolute Gasteiger partial charge is 0.306 e. The van der Waals surface area contributed by atoms with E-state index in [2.05, 4.69) is 50.3 Å². The second-order valence-corrected chi connectivity index (χ2v) is 16.2. The maximum atomic E-state index is 12.8. The van der Waals surface area contributed by atoms with E-state index in [1.807, 2.05) is 0 Å². The van der Waals surface area contributed by atoms with Gasteiger partial charge in [-0.05, 0) is 64.2 Å². The van der Waals surface area contributed by atoms with Crippen molar-refractivity contribution in [2.45, 2.75) is 237 Å². The van der Waals surface area contributed by atoms with Crippen LogP contribution in [-0.4, -0.2) is 89.0 Å². The van der Waals surface area contributed by atoms with Gasteiger partial charge in [0.2, 0.25) is 0 Å². The molecule has 6 atom stereocenters. The SMILES string of the molecule is CCCC/C=C/C/C=C/CCCCCCCC(=O)O[C@@H](COC(=O)CCCCCCCCCCC/C=C/CCCCCCCC)CO[C@H]1O[C@@H](CO)[C@@H](O)C(O)C1O. The summed E-state index contributed by atoms with van der Waals surface area (Å²) in [7, 11) is 0. The summed E-state index contributed by atoms with van der Waals surface area (Å²) < 4.78 is 22.2. The van der Waals surface area contributed by atoms with Gasteiger partial charge < -0.3 is 39.4 Å². The van der Waals surface area contributed by atoms with Gasteiger partial charge in [-0.15, -0.1) is 0 Å². The van der Waals surface area contributed by atoms with Gasteiger partial charge in [0.25, 0.3) is 0 Å². The molecule has 0 aromatic heterocycles. The molecule has 10 heteroatoms. The molecular formula is C48H86O10. The van der Waals surface area contributed by atoms with Crippen LogP contribution in [0, 0.1) is 0 Å². The molecule has 1 fully saturated rings. The maximum Gasteiger partial charge on any atom is 0.306 e. The van der Waals surface area contributed by atoms with E-state index in [0.717, 1.165) is 70.6 Å². The summed E-state index contributed by atoms with van der Waals surface area (Å²) in [5.41, 5.74) is 0. The number of unbranched alkanes of at least 4 members (excludes halogenated alkanes) is 22. The lowest BCUT2D eigenvalue weighted by atomic mass is 9.99. The van der Waals surface area contributed by atoms with Crippen LogP contribution in [0.4, 0.5) is 0 Å². The molecule has 10 nitrogen and oxygen atoms in total. The largest absolute Gasteiger partial charge is 0.462 e. The highest BCUT2D eigenvalue weighted by atomic mass is 16.7. The Kier molecular flexibility index (Phi) is 36.3. The van der Waals surface area contributed by atoms with Gasteiger partial charge in [0, 0.05) is 12.8 Å².